The van der Waals surface area contributed by atoms with Gasteiger partial charge in [0.1, 0.15) is 5.78 Å². The van der Waals surface area contributed by atoms with E-state index in [2.05, 4.69) is 0 Å². The highest BCUT2D eigenvalue weighted by atomic mass is 35.5. The smallest absolute Gasteiger partial charge is 0.130 e. The minimum atomic E-state index is 0.128. The average Bonchev–Trinajstić information content (AvgIpc) is 2.16. The number of benzene rings is 1. The highest BCUT2D eigenvalue weighted by Crippen LogP contribution is 2.18. The molecule has 0 saturated heterocycles. The Kier molecular flexibility index (Phi) is 3.67. The van der Waals surface area contributed by atoms with Gasteiger partial charge in [0.2, 0.25) is 0 Å². The largest absolute Gasteiger partial charge is 0.300 e. The Labute approximate surface area is 88.1 Å². The second-order valence-corrected chi connectivity index (χ2v) is 3.53. The second-order valence-electron chi connectivity index (χ2n) is 3.12. The Morgan fingerprint density at radius 3 is 2.86 bits per heavy atom. The summed E-state index contributed by atoms with van der Waals surface area (Å²) in [5.74, 6) is 0.128. The predicted molar refractivity (Wildman–Crippen MR) is 55.2 cm³/mol. The van der Waals surface area contributed by atoms with E-state index in [1.807, 2.05) is 6.07 Å². The van der Waals surface area contributed by atoms with Crippen LogP contribution in [-0.2, 0) is 11.2 Å². The topological polar surface area (TPSA) is 40.9 Å². The van der Waals surface area contributed by atoms with E-state index in [1.54, 1.807) is 25.1 Å². The monoisotopic (exact) mass is 207 g/mol. The van der Waals surface area contributed by atoms with Crippen LogP contribution in [0, 0.1) is 11.3 Å². The molecule has 0 fully saturated rings. The van der Waals surface area contributed by atoms with E-state index in [-0.39, 0.29) is 5.78 Å². The Balaban J connectivity index is 2.85. The normalized spacial score (nSPS) is 9.50. The van der Waals surface area contributed by atoms with Gasteiger partial charge in [-0.3, -0.25) is 0 Å². The highest BCUT2D eigenvalue weighted by molar-refractivity contribution is 6.31. The van der Waals surface area contributed by atoms with Crippen molar-refractivity contribution < 1.29 is 4.79 Å². The van der Waals surface area contributed by atoms with Gasteiger partial charge in [0.15, 0.2) is 0 Å². The molecule has 0 spiro atoms. The standard InChI is InChI=1S/C11H10ClNO/c1-8(14)2-4-10-6-9(7-13)3-5-11(10)12/h3,5-6H,2,4H2,1H3. The molecule has 0 bridgehead atoms. The Morgan fingerprint density at radius 1 is 1.57 bits per heavy atom. The first-order valence-corrected chi connectivity index (χ1v) is 4.69. The van der Waals surface area contributed by atoms with E-state index in [9.17, 15) is 4.79 Å². The van der Waals surface area contributed by atoms with Gasteiger partial charge in [-0.15, -0.1) is 0 Å². The number of nitriles is 1. The third kappa shape index (κ3) is 2.86. The molecule has 0 saturated carbocycles. The summed E-state index contributed by atoms with van der Waals surface area (Å²) < 4.78 is 0. The molecule has 0 radical (unpaired) electrons. The molecule has 2 nitrogen and oxygen atoms in total. The quantitative estimate of drug-likeness (QED) is 0.765. The number of halogens is 1. The second kappa shape index (κ2) is 4.78. The van der Waals surface area contributed by atoms with Crippen molar-refractivity contribution in [2.45, 2.75) is 19.8 Å². The maximum absolute atomic E-state index is 10.8. The molecule has 3 heteroatoms. The maximum atomic E-state index is 10.8. The van der Waals surface area contributed by atoms with Gasteiger partial charge in [-0.25, -0.2) is 0 Å². The summed E-state index contributed by atoms with van der Waals surface area (Å²) in [6, 6.07) is 7.12. The summed E-state index contributed by atoms with van der Waals surface area (Å²) >= 11 is 5.92. The average molecular weight is 208 g/mol. The highest BCUT2D eigenvalue weighted by Gasteiger charge is 2.03. The summed E-state index contributed by atoms with van der Waals surface area (Å²) in [6.07, 6.45) is 1.07. The number of ketones is 1. The molecule has 0 N–H and O–H groups in total. The molecule has 1 aromatic carbocycles. The molecule has 1 rings (SSSR count). The van der Waals surface area contributed by atoms with E-state index in [1.165, 1.54) is 0 Å². The molecule has 72 valence electrons. The lowest BCUT2D eigenvalue weighted by molar-refractivity contribution is -0.116. The van der Waals surface area contributed by atoms with E-state index in [0.29, 0.717) is 23.4 Å². The van der Waals surface area contributed by atoms with Gasteiger partial charge in [0.25, 0.3) is 0 Å². The van der Waals surface area contributed by atoms with Crippen LogP contribution in [0.4, 0.5) is 0 Å². The van der Waals surface area contributed by atoms with Crippen LogP contribution in [0.5, 0.6) is 0 Å². The molecule has 0 aliphatic rings. The van der Waals surface area contributed by atoms with Gasteiger partial charge >= 0.3 is 0 Å². The van der Waals surface area contributed by atoms with Crippen molar-refractivity contribution in [1.29, 1.82) is 5.26 Å². The fourth-order valence-corrected chi connectivity index (χ4v) is 1.36. The van der Waals surface area contributed by atoms with Crippen molar-refractivity contribution in [2.24, 2.45) is 0 Å². The van der Waals surface area contributed by atoms with Crippen LogP contribution in [0.25, 0.3) is 0 Å². The van der Waals surface area contributed by atoms with E-state index in [0.717, 1.165) is 5.56 Å². The van der Waals surface area contributed by atoms with Crippen LogP contribution < -0.4 is 0 Å². The summed E-state index contributed by atoms with van der Waals surface area (Å²) in [5.41, 5.74) is 1.44. The van der Waals surface area contributed by atoms with Crippen molar-refractivity contribution in [1.82, 2.24) is 0 Å². The predicted octanol–water partition coefficient (Wildman–Crippen LogP) is 2.73. The molecule has 0 atom stereocenters. The third-order valence-electron chi connectivity index (χ3n) is 1.92. The Hall–Kier alpha value is -1.33. The zero-order valence-corrected chi connectivity index (χ0v) is 8.64. The molecule has 0 aromatic heterocycles. The molecular formula is C11H10ClNO. The van der Waals surface area contributed by atoms with E-state index < -0.39 is 0 Å². The minimum absolute atomic E-state index is 0.128. The zero-order chi connectivity index (χ0) is 10.6. The Morgan fingerprint density at radius 2 is 2.29 bits per heavy atom. The van der Waals surface area contributed by atoms with Gasteiger partial charge in [-0.2, -0.15) is 5.26 Å². The zero-order valence-electron chi connectivity index (χ0n) is 7.88. The van der Waals surface area contributed by atoms with E-state index >= 15 is 0 Å². The summed E-state index contributed by atoms with van der Waals surface area (Å²) in [7, 11) is 0. The van der Waals surface area contributed by atoms with Crippen LogP contribution in [0.2, 0.25) is 5.02 Å². The number of hydrogen-bond donors (Lipinski definition) is 0. The maximum Gasteiger partial charge on any atom is 0.130 e. The lowest BCUT2D eigenvalue weighted by atomic mass is 10.1. The SMILES string of the molecule is CC(=O)CCc1cc(C#N)ccc1Cl. The van der Waals surface area contributed by atoms with Gasteiger partial charge in [-0.1, -0.05) is 11.6 Å². The summed E-state index contributed by atoms with van der Waals surface area (Å²) in [4.78, 5) is 10.8. The first-order valence-electron chi connectivity index (χ1n) is 4.31. The van der Waals surface area contributed by atoms with Crippen LogP contribution >= 0.6 is 11.6 Å². The fourth-order valence-electron chi connectivity index (χ4n) is 1.15. The third-order valence-corrected chi connectivity index (χ3v) is 2.29. The molecule has 1 aromatic rings. The molecule has 0 heterocycles. The number of nitrogens with zero attached hydrogens (tertiary/aromatic N) is 1. The number of rotatable bonds is 3. The molecule has 0 aliphatic heterocycles. The Bertz CT molecular complexity index is 393. The van der Waals surface area contributed by atoms with Crippen LogP contribution in [-0.4, -0.2) is 5.78 Å². The first kappa shape index (κ1) is 10.7. The van der Waals surface area contributed by atoms with Crippen LogP contribution in [0.1, 0.15) is 24.5 Å². The number of carbonyl (C=O) groups is 1. The fraction of sp³-hybridized carbons (Fsp3) is 0.273. The van der Waals surface area contributed by atoms with Gasteiger partial charge in [0, 0.05) is 11.4 Å². The minimum Gasteiger partial charge on any atom is -0.300 e. The molecule has 0 amide bonds. The van der Waals surface area contributed by atoms with Gasteiger partial charge < -0.3 is 4.79 Å². The van der Waals surface area contributed by atoms with Gasteiger partial charge in [-0.05, 0) is 37.1 Å². The van der Waals surface area contributed by atoms with E-state index in [4.69, 9.17) is 16.9 Å². The molecular weight excluding hydrogens is 198 g/mol. The van der Waals surface area contributed by atoms with Crippen LogP contribution in [0.15, 0.2) is 18.2 Å². The number of Topliss-reactive ketones (excluding diaryl/α,β-unsaturated/α-hetero) is 1. The first-order chi connectivity index (χ1) is 6.63. The van der Waals surface area contributed by atoms with Crippen molar-refractivity contribution in [3.05, 3.63) is 34.3 Å². The molecule has 0 unspecified atom stereocenters. The van der Waals surface area contributed by atoms with Crippen molar-refractivity contribution in [3.63, 3.8) is 0 Å². The molecule has 0 aliphatic carbocycles. The lowest BCUT2D eigenvalue weighted by Gasteiger charge is -2.02. The van der Waals surface area contributed by atoms with Crippen molar-refractivity contribution in [3.8, 4) is 6.07 Å². The lowest BCUT2D eigenvalue weighted by Crippen LogP contribution is -1.95. The number of hydrogen-bond acceptors (Lipinski definition) is 2. The summed E-state index contributed by atoms with van der Waals surface area (Å²) in [6.45, 7) is 1.54. The number of carbonyl (C=O) groups excluding carboxylic acids is 1. The summed E-state index contributed by atoms with van der Waals surface area (Å²) in [5, 5.41) is 9.29. The number of aryl methyl sites for hydroxylation is 1. The van der Waals surface area contributed by atoms with Crippen LogP contribution in [0.3, 0.4) is 0 Å². The van der Waals surface area contributed by atoms with Gasteiger partial charge in [0.05, 0.1) is 11.6 Å². The van der Waals surface area contributed by atoms with Crippen molar-refractivity contribution >= 4 is 17.4 Å². The molecule has 14 heavy (non-hydrogen) atoms. The van der Waals surface area contributed by atoms with Crippen molar-refractivity contribution in [2.75, 3.05) is 0 Å².